The summed E-state index contributed by atoms with van der Waals surface area (Å²) in [6.45, 7) is 1.02. The average Bonchev–Trinajstić information content (AvgIpc) is 3.27. The largest absolute Gasteiger partial charge is 0.350 e. The maximum Gasteiger partial charge on any atom is 0.268 e. The van der Waals surface area contributed by atoms with Crippen molar-refractivity contribution in [3.63, 3.8) is 0 Å². The molecule has 1 aliphatic heterocycles. The maximum absolute atomic E-state index is 13.4. The minimum atomic E-state index is -0.434. The standard InChI is InChI=1S/C21H21FN4O2/c22-14-7-5-12(6-8-14)18-15-3-1-2-4-16(15)26-19(18)21(28)25-11-17-20(27)13(9-23)10-24-17/h1-8,13,17,24,26H,9-11,23H2,(H,25,28)/t13-,17+/m0/s1. The van der Waals surface area contributed by atoms with Crippen molar-refractivity contribution >= 4 is 22.6 Å². The molecule has 0 aliphatic carbocycles. The van der Waals surface area contributed by atoms with E-state index < -0.39 is 6.04 Å². The van der Waals surface area contributed by atoms with Crippen molar-refractivity contribution in [1.29, 1.82) is 0 Å². The normalized spacial score (nSPS) is 19.3. The van der Waals surface area contributed by atoms with Gasteiger partial charge in [-0.1, -0.05) is 30.3 Å². The number of ketones is 1. The highest BCUT2D eigenvalue weighted by molar-refractivity contribution is 6.09. The highest BCUT2D eigenvalue weighted by atomic mass is 19.1. The zero-order valence-corrected chi connectivity index (χ0v) is 15.2. The fraction of sp³-hybridized carbons (Fsp3) is 0.238. The van der Waals surface area contributed by atoms with Crippen LogP contribution in [0.15, 0.2) is 48.5 Å². The third-order valence-corrected chi connectivity index (χ3v) is 5.17. The maximum atomic E-state index is 13.4. The fourth-order valence-electron chi connectivity index (χ4n) is 3.65. The van der Waals surface area contributed by atoms with E-state index in [9.17, 15) is 14.0 Å². The van der Waals surface area contributed by atoms with E-state index >= 15 is 0 Å². The van der Waals surface area contributed by atoms with Gasteiger partial charge in [0.15, 0.2) is 5.78 Å². The summed E-state index contributed by atoms with van der Waals surface area (Å²) in [4.78, 5) is 28.3. The monoisotopic (exact) mass is 380 g/mol. The molecule has 0 saturated carbocycles. The second-order valence-electron chi connectivity index (χ2n) is 6.93. The van der Waals surface area contributed by atoms with Crippen molar-refractivity contribution in [2.75, 3.05) is 19.6 Å². The Balaban J connectivity index is 1.63. The Morgan fingerprint density at radius 3 is 2.64 bits per heavy atom. The number of aromatic nitrogens is 1. The molecule has 2 atom stereocenters. The molecule has 0 spiro atoms. The first-order valence-electron chi connectivity index (χ1n) is 9.20. The second-order valence-corrected chi connectivity index (χ2v) is 6.93. The minimum Gasteiger partial charge on any atom is -0.350 e. The molecule has 3 aromatic rings. The SMILES string of the molecule is NC[C@H]1CN[C@H](CNC(=O)c2[nH]c3ccccc3c2-c2ccc(F)cc2)C1=O. The van der Waals surface area contributed by atoms with Crippen LogP contribution in [0.1, 0.15) is 10.5 Å². The number of amides is 1. The number of benzene rings is 2. The Labute approximate surface area is 161 Å². The van der Waals surface area contributed by atoms with Gasteiger partial charge in [-0.05, 0) is 23.8 Å². The molecule has 1 aliphatic rings. The molecule has 5 N–H and O–H groups in total. The smallest absolute Gasteiger partial charge is 0.268 e. The van der Waals surface area contributed by atoms with Crippen LogP contribution >= 0.6 is 0 Å². The summed E-state index contributed by atoms with van der Waals surface area (Å²) in [6.07, 6.45) is 0. The van der Waals surface area contributed by atoms with Gasteiger partial charge in [0.25, 0.3) is 5.91 Å². The molecule has 0 bridgehead atoms. The predicted octanol–water partition coefficient (Wildman–Crippen LogP) is 1.82. The van der Waals surface area contributed by atoms with Crippen molar-refractivity contribution in [2.45, 2.75) is 6.04 Å². The molecule has 1 saturated heterocycles. The fourth-order valence-corrected chi connectivity index (χ4v) is 3.65. The molecule has 28 heavy (non-hydrogen) atoms. The number of fused-ring (bicyclic) bond motifs is 1. The molecule has 0 unspecified atom stereocenters. The first-order chi connectivity index (χ1) is 13.6. The van der Waals surface area contributed by atoms with Gasteiger partial charge in [-0.25, -0.2) is 4.39 Å². The summed E-state index contributed by atoms with van der Waals surface area (Å²) in [6, 6.07) is 13.2. The van der Waals surface area contributed by atoms with Gasteiger partial charge in [-0.15, -0.1) is 0 Å². The number of H-pyrrole nitrogens is 1. The lowest BCUT2D eigenvalue weighted by Crippen LogP contribution is -2.41. The molecule has 2 aromatic carbocycles. The highest BCUT2D eigenvalue weighted by Crippen LogP contribution is 2.32. The molecule has 7 heteroatoms. The lowest BCUT2D eigenvalue weighted by Gasteiger charge is -2.12. The van der Waals surface area contributed by atoms with Crippen LogP contribution in [0.5, 0.6) is 0 Å². The van der Waals surface area contributed by atoms with E-state index in [0.717, 1.165) is 16.5 Å². The number of para-hydroxylation sites is 1. The van der Waals surface area contributed by atoms with E-state index in [4.69, 9.17) is 5.73 Å². The number of halogens is 1. The van der Waals surface area contributed by atoms with Crippen LogP contribution < -0.4 is 16.4 Å². The Hall–Kier alpha value is -3.03. The van der Waals surface area contributed by atoms with Crippen LogP contribution in [0.2, 0.25) is 0 Å². The molecule has 4 rings (SSSR count). The summed E-state index contributed by atoms with van der Waals surface area (Å²) >= 11 is 0. The number of nitrogens with two attached hydrogens (primary N) is 1. The van der Waals surface area contributed by atoms with Crippen LogP contribution in [0, 0.1) is 11.7 Å². The van der Waals surface area contributed by atoms with Gasteiger partial charge >= 0.3 is 0 Å². The van der Waals surface area contributed by atoms with Crippen molar-refractivity contribution in [1.82, 2.24) is 15.6 Å². The Morgan fingerprint density at radius 2 is 1.93 bits per heavy atom. The Kier molecular flexibility index (Phi) is 4.93. The number of carbonyl (C=O) groups excluding carboxylic acids is 2. The van der Waals surface area contributed by atoms with Crippen LogP contribution in [-0.2, 0) is 4.79 Å². The van der Waals surface area contributed by atoms with E-state index in [1.807, 2.05) is 24.3 Å². The molecule has 0 radical (unpaired) electrons. The van der Waals surface area contributed by atoms with Crippen molar-refractivity contribution in [2.24, 2.45) is 11.7 Å². The van der Waals surface area contributed by atoms with E-state index in [2.05, 4.69) is 15.6 Å². The minimum absolute atomic E-state index is 0.0261. The van der Waals surface area contributed by atoms with Gasteiger partial charge in [0.1, 0.15) is 11.5 Å². The van der Waals surface area contributed by atoms with Crippen LogP contribution in [0.4, 0.5) is 4.39 Å². The van der Waals surface area contributed by atoms with Crippen LogP contribution in [0.3, 0.4) is 0 Å². The third-order valence-electron chi connectivity index (χ3n) is 5.17. The highest BCUT2D eigenvalue weighted by Gasteiger charge is 2.33. The zero-order chi connectivity index (χ0) is 19.7. The summed E-state index contributed by atoms with van der Waals surface area (Å²) in [5.74, 6) is -0.834. The van der Waals surface area contributed by atoms with Gasteiger partial charge in [-0.3, -0.25) is 9.59 Å². The summed E-state index contributed by atoms with van der Waals surface area (Å²) in [7, 11) is 0. The number of rotatable bonds is 5. The van der Waals surface area contributed by atoms with Crippen molar-refractivity contribution in [3.8, 4) is 11.1 Å². The number of hydrogen-bond donors (Lipinski definition) is 4. The summed E-state index contributed by atoms with van der Waals surface area (Å²) in [5.41, 5.74) is 8.23. The van der Waals surface area contributed by atoms with Crippen molar-refractivity contribution < 1.29 is 14.0 Å². The Bertz CT molecular complexity index is 1030. The number of aromatic amines is 1. The van der Waals surface area contributed by atoms with Crippen molar-refractivity contribution in [3.05, 3.63) is 60.0 Å². The number of Topliss-reactive ketones (excluding diaryl/α,β-unsaturated/α-hetero) is 1. The van der Waals surface area contributed by atoms with E-state index in [0.29, 0.717) is 24.3 Å². The van der Waals surface area contributed by atoms with Gasteiger partial charge in [0.2, 0.25) is 0 Å². The lowest BCUT2D eigenvalue weighted by molar-refractivity contribution is -0.121. The zero-order valence-electron chi connectivity index (χ0n) is 15.2. The van der Waals surface area contributed by atoms with E-state index in [1.54, 1.807) is 12.1 Å². The molecular weight excluding hydrogens is 359 g/mol. The number of nitrogens with one attached hydrogen (secondary N) is 3. The van der Waals surface area contributed by atoms with Gasteiger partial charge < -0.3 is 21.4 Å². The van der Waals surface area contributed by atoms with Gasteiger partial charge in [0.05, 0.1) is 6.04 Å². The number of carbonyl (C=O) groups is 2. The summed E-state index contributed by atoms with van der Waals surface area (Å²) < 4.78 is 13.4. The van der Waals surface area contributed by atoms with E-state index in [-0.39, 0.29) is 30.0 Å². The average molecular weight is 380 g/mol. The van der Waals surface area contributed by atoms with Gasteiger partial charge in [0, 0.05) is 42.0 Å². The quantitative estimate of drug-likeness (QED) is 0.542. The topological polar surface area (TPSA) is 100 Å². The van der Waals surface area contributed by atoms with E-state index in [1.165, 1.54) is 12.1 Å². The third kappa shape index (κ3) is 3.30. The van der Waals surface area contributed by atoms with Crippen LogP contribution in [-0.4, -0.2) is 42.4 Å². The number of hydrogen-bond acceptors (Lipinski definition) is 4. The molecule has 2 heterocycles. The predicted molar refractivity (Wildman–Crippen MR) is 105 cm³/mol. The van der Waals surface area contributed by atoms with Gasteiger partial charge in [-0.2, -0.15) is 0 Å². The molecule has 1 aromatic heterocycles. The molecule has 6 nitrogen and oxygen atoms in total. The molecule has 144 valence electrons. The van der Waals surface area contributed by atoms with Crippen LogP contribution in [0.25, 0.3) is 22.0 Å². The second kappa shape index (κ2) is 7.53. The molecule has 1 fully saturated rings. The first kappa shape index (κ1) is 18.3. The lowest BCUT2D eigenvalue weighted by atomic mass is 10.0. The first-order valence-corrected chi connectivity index (χ1v) is 9.20. The molecular formula is C21H21FN4O2. The molecule has 1 amide bonds. The summed E-state index contributed by atoms with van der Waals surface area (Å²) in [5, 5.41) is 6.80. The Morgan fingerprint density at radius 1 is 1.18 bits per heavy atom.